The maximum absolute atomic E-state index is 13.3. The molecule has 0 spiro atoms. The van der Waals surface area contributed by atoms with Crippen LogP contribution in [0.2, 0.25) is 0 Å². The highest BCUT2D eigenvalue weighted by atomic mass is 35.5. The van der Waals surface area contributed by atoms with Gasteiger partial charge in [-0.1, -0.05) is 0 Å². The zero-order chi connectivity index (χ0) is 19.6. The number of piperidine rings is 1. The van der Waals surface area contributed by atoms with Gasteiger partial charge in [-0.25, -0.2) is 12.7 Å². The largest absolute Gasteiger partial charge is 0.371 e. The molecule has 0 radical (unpaired) electrons. The van der Waals surface area contributed by atoms with E-state index in [2.05, 4.69) is 10.2 Å². The van der Waals surface area contributed by atoms with Gasteiger partial charge in [-0.15, -0.1) is 24.8 Å². The van der Waals surface area contributed by atoms with Crippen LogP contribution in [0.3, 0.4) is 0 Å². The molecule has 10 heteroatoms. The van der Waals surface area contributed by atoms with E-state index in [9.17, 15) is 13.2 Å². The molecular weight excluding hydrogens is 435 g/mol. The lowest BCUT2D eigenvalue weighted by Crippen LogP contribution is -2.40. The fourth-order valence-corrected chi connectivity index (χ4v) is 4.72. The highest BCUT2D eigenvalue weighted by Gasteiger charge is 2.29. The molecule has 0 bridgehead atoms. The minimum Gasteiger partial charge on any atom is -0.371 e. The summed E-state index contributed by atoms with van der Waals surface area (Å²) in [4.78, 5) is 17.4. The van der Waals surface area contributed by atoms with Crippen LogP contribution in [0, 0.1) is 0 Å². The minimum atomic E-state index is -3.59. The van der Waals surface area contributed by atoms with Crippen molar-refractivity contribution in [1.82, 2.24) is 14.5 Å². The average molecular weight is 467 g/mol. The summed E-state index contributed by atoms with van der Waals surface area (Å²) < 4.78 is 26.4. The lowest BCUT2D eigenvalue weighted by atomic mass is 10.1. The maximum Gasteiger partial charge on any atom is 0.256 e. The monoisotopic (exact) mass is 466 g/mol. The number of nitrogens with one attached hydrogen (secondary N) is 1. The molecule has 2 fully saturated rings. The molecule has 1 aromatic carbocycles. The first-order chi connectivity index (χ1) is 12.8. The quantitative estimate of drug-likeness (QED) is 0.719. The lowest BCUT2D eigenvalue weighted by molar-refractivity contribution is 0.0744. The number of benzene rings is 1. The SMILES string of the molecule is CN(C(=O)c1cc(S(=O)(=O)N(C)C)ccc1N1CCCCC1)C1CCNC1.Cl.Cl. The van der Waals surface area contributed by atoms with Crippen molar-refractivity contribution in [2.45, 2.75) is 36.6 Å². The molecule has 166 valence electrons. The van der Waals surface area contributed by atoms with Gasteiger partial charge < -0.3 is 15.1 Å². The summed E-state index contributed by atoms with van der Waals surface area (Å²) in [6, 6.07) is 5.12. The molecule has 2 aliphatic rings. The van der Waals surface area contributed by atoms with Crippen LogP contribution in [0.4, 0.5) is 5.69 Å². The van der Waals surface area contributed by atoms with E-state index >= 15 is 0 Å². The minimum absolute atomic E-state index is 0. The van der Waals surface area contributed by atoms with Crippen LogP contribution in [0.5, 0.6) is 0 Å². The van der Waals surface area contributed by atoms with E-state index in [1.165, 1.54) is 24.8 Å². The third-order valence-electron chi connectivity index (χ3n) is 5.58. The van der Waals surface area contributed by atoms with Crippen LogP contribution in [0.1, 0.15) is 36.0 Å². The molecule has 29 heavy (non-hydrogen) atoms. The van der Waals surface area contributed by atoms with Crippen molar-refractivity contribution in [1.29, 1.82) is 0 Å². The van der Waals surface area contributed by atoms with Crippen molar-refractivity contribution in [3.8, 4) is 0 Å². The molecule has 2 aliphatic heterocycles. The van der Waals surface area contributed by atoms with E-state index in [-0.39, 0.29) is 41.7 Å². The van der Waals surface area contributed by atoms with Crippen LogP contribution in [-0.2, 0) is 10.0 Å². The van der Waals surface area contributed by atoms with Crippen LogP contribution in [0.15, 0.2) is 23.1 Å². The molecule has 3 rings (SSSR count). The molecule has 2 heterocycles. The first kappa shape index (κ1) is 26.0. The Morgan fingerprint density at radius 2 is 1.76 bits per heavy atom. The van der Waals surface area contributed by atoms with Gasteiger partial charge in [-0.3, -0.25) is 4.79 Å². The topological polar surface area (TPSA) is 73.0 Å². The van der Waals surface area contributed by atoms with Crippen molar-refractivity contribution < 1.29 is 13.2 Å². The predicted molar refractivity (Wildman–Crippen MR) is 121 cm³/mol. The third kappa shape index (κ3) is 5.55. The molecular formula is C19H32Cl2N4O3S. The summed E-state index contributed by atoms with van der Waals surface area (Å²) in [5.41, 5.74) is 1.32. The molecule has 1 unspecified atom stereocenters. The number of rotatable bonds is 5. The number of carbonyl (C=O) groups is 1. The van der Waals surface area contributed by atoms with Crippen molar-refractivity contribution in [3.05, 3.63) is 23.8 Å². The van der Waals surface area contributed by atoms with Crippen LogP contribution >= 0.6 is 24.8 Å². The molecule has 1 aromatic rings. The smallest absolute Gasteiger partial charge is 0.256 e. The molecule has 0 saturated carbocycles. The van der Waals surface area contributed by atoms with E-state index < -0.39 is 10.0 Å². The normalized spacial score (nSPS) is 19.4. The Labute approximate surface area is 186 Å². The molecule has 7 nitrogen and oxygen atoms in total. The standard InChI is InChI=1S/C19H30N4O3S.2ClH/c1-21(2)27(25,26)16-7-8-18(23-11-5-4-6-12-23)17(13-16)19(24)22(3)15-9-10-20-14-15;;/h7-8,13,15,20H,4-6,9-12,14H2,1-3H3;2*1H. The molecule has 1 amide bonds. The Balaban J connectivity index is 0.00000210. The summed E-state index contributed by atoms with van der Waals surface area (Å²) in [5.74, 6) is -0.111. The molecule has 1 atom stereocenters. The van der Waals surface area contributed by atoms with E-state index in [0.717, 1.165) is 51.1 Å². The lowest BCUT2D eigenvalue weighted by Gasteiger charge is -2.32. The highest BCUT2D eigenvalue weighted by Crippen LogP contribution is 2.29. The number of anilines is 1. The molecule has 0 aromatic heterocycles. The van der Waals surface area contributed by atoms with E-state index in [0.29, 0.717) is 5.56 Å². The number of nitrogens with zero attached hydrogens (tertiary/aromatic N) is 3. The fourth-order valence-electron chi connectivity index (χ4n) is 3.79. The highest BCUT2D eigenvalue weighted by molar-refractivity contribution is 7.89. The Kier molecular flexibility index (Phi) is 9.69. The molecule has 1 N–H and O–H groups in total. The first-order valence-electron chi connectivity index (χ1n) is 9.62. The second kappa shape index (κ2) is 10.8. The Morgan fingerprint density at radius 1 is 1.10 bits per heavy atom. The van der Waals surface area contributed by atoms with E-state index in [4.69, 9.17) is 0 Å². The van der Waals surface area contributed by atoms with Crippen molar-refractivity contribution in [3.63, 3.8) is 0 Å². The fraction of sp³-hybridized carbons (Fsp3) is 0.632. The van der Waals surface area contributed by atoms with Gasteiger partial charge in [0.25, 0.3) is 5.91 Å². The van der Waals surface area contributed by atoms with Crippen molar-refractivity contribution in [2.24, 2.45) is 0 Å². The van der Waals surface area contributed by atoms with Gasteiger partial charge in [0.15, 0.2) is 0 Å². The second-order valence-electron chi connectivity index (χ2n) is 7.58. The van der Waals surface area contributed by atoms with Gasteiger partial charge in [-0.2, -0.15) is 0 Å². The van der Waals surface area contributed by atoms with E-state index in [1.54, 1.807) is 23.1 Å². The average Bonchev–Trinajstić information content (AvgIpc) is 3.21. The third-order valence-corrected chi connectivity index (χ3v) is 7.39. The first-order valence-corrected chi connectivity index (χ1v) is 11.1. The van der Waals surface area contributed by atoms with E-state index in [1.807, 2.05) is 7.05 Å². The summed E-state index contributed by atoms with van der Waals surface area (Å²) in [6.45, 7) is 3.47. The summed E-state index contributed by atoms with van der Waals surface area (Å²) in [6.07, 6.45) is 4.29. The number of sulfonamides is 1. The molecule has 2 saturated heterocycles. The second-order valence-corrected chi connectivity index (χ2v) is 9.73. The van der Waals surface area contributed by atoms with Crippen LogP contribution in [0.25, 0.3) is 0 Å². The number of likely N-dealkylation sites (N-methyl/N-ethyl adjacent to an activating group) is 1. The zero-order valence-corrected chi connectivity index (χ0v) is 19.7. The van der Waals surface area contributed by atoms with Gasteiger partial charge in [0.05, 0.1) is 10.5 Å². The van der Waals surface area contributed by atoms with Crippen molar-refractivity contribution >= 4 is 46.4 Å². The van der Waals surface area contributed by atoms with Gasteiger partial charge in [0, 0.05) is 52.5 Å². The molecule has 0 aliphatic carbocycles. The Bertz CT molecular complexity index is 793. The number of halogens is 2. The number of carbonyl (C=O) groups excluding carboxylic acids is 1. The predicted octanol–water partition coefficient (Wildman–Crippen LogP) is 2.20. The summed E-state index contributed by atoms with van der Waals surface area (Å²) in [5, 5.41) is 3.28. The van der Waals surface area contributed by atoms with Gasteiger partial charge in [0.1, 0.15) is 0 Å². The van der Waals surface area contributed by atoms with Crippen LogP contribution < -0.4 is 10.2 Å². The maximum atomic E-state index is 13.3. The number of hydrogen-bond acceptors (Lipinski definition) is 5. The zero-order valence-electron chi connectivity index (χ0n) is 17.3. The Hall–Kier alpha value is -1.06. The summed E-state index contributed by atoms with van der Waals surface area (Å²) >= 11 is 0. The van der Waals surface area contributed by atoms with Crippen molar-refractivity contribution in [2.75, 3.05) is 52.2 Å². The number of hydrogen-bond donors (Lipinski definition) is 1. The van der Waals surface area contributed by atoms with Gasteiger partial charge in [0.2, 0.25) is 10.0 Å². The van der Waals surface area contributed by atoms with Gasteiger partial charge >= 0.3 is 0 Å². The number of amides is 1. The van der Waals surface area contributed by atoms with Gasteiger partial charge in [-0.05, 0) is 50.4 Å². The Morgan fingerprint density at radius 3 is 2.31 bits per heavy atom. The summed E-state index contributed by atoms with van der Waals surface area (Å²) in [7, 11) is 1.23. The van der Waals surface area contributed by atoms with Crippen LogP contribution in [-0.4, -0.2) is 76.9 Å².